The minimum Gasteiger partial charge on any atom is -0.330 e. The fraction of sp³-hybridized carbons (Fsp3) is 1.00. The van der Waals surface area contributed by atoms with Crippen LogP contribution < -0.4 is 5.73 Å². The quantitative estimate of drug-likeness (QED) is 0.607. The zero-order chi connectivity index (χ0) is 5.98. The van der Waals surface area contributed by atoms with Crippen molar-refractivity contribution in [2.45, 2.75) is 18.6 Å². The molecule has 0 aromatic heterocycles. The molecule has 1 aliphatic heterocycles. The lowest BCUT2D eigenvalue weighted by molar-refractivity contribution is 0.535. The monoisotopic (exact) mass is 131 g/mol. The normalized spacial score (nSPS) is 31.5. The second-order valence-corrected chi connectivity index (χ2v) is 3.76. The standard InChI is InChI=1S/C6H13NS/c1-5(4-7)6-2-3-8-6/h5-6H,2-4,7H2,1H3. The number of hydrogen-bond donors (Lipinski definition) is 1. The number of nitrogens with two attached hydrogens (primary N) is 1. The van der Waals surface area contributed by atoms with Crippen LogP contribution in [0.5, 0.6) is 0 Å². The van der Waals surface area contributed by atoms with Gasteiger partial charge in [-0.25, -0.2) is 0 Å². The Morgan fingerprint density at radius 2 is 2.50 bits per heavy atom. The van der Waals surface area contributed by atoms with Gasteiger partial charge in [-0.05, 0) is 24.6 Å². The van der Waals surface area contributed by atoms with Crippen molar-refractivity contribution in [3.05, 3.63) is 0 Å². The van der Waals surface area contributed by atoms with Gasteiger partial charge in [0.25, 0.3) is 0 Å². The molecule has 1 rings (SSSR count). The van der Waals surface area contributed by atoms with Crippen LogP contribution in [0.3, 0.4) is 0 Å². The molecule has 0 saturated carbocycles. The van der Waals surface area contributed by atoms with Crippen molar-refractivity contribution in [2.75, 3.05) is 12.3 Å². The Kier molecular flexibility index (Phi) is 2.20. The Hall–Kier alpha value is 0.310. The summed E-state index contributed by atoms with van der Waals surface area (Å²) in [5.41, 5.74) is 5.47. The maximum atomic E-state index is 5.47. The molecule has 1 saturated heterocycles. The molecule has 2 N–H and O–H groups in total. The van der Waals surface area contributed by atoms with Gasteiger partial charge in [-0.2, -0.15) is 11.8 Å². The van der Waals surface area contributed by atoms with E-state index >= 15 is 0 Å². The first-order valence-corrected chi connectivity index (χ1v) is 4.21. The molecule has 0 radical (unpaired) electrons. The summed E-state index contributed by atoms with van der Waals surface area (Å²) < 4.78 is 0. The van der Waals surface area contributed by atoms with Gasteiger partial charge in [0.15, 0.2) is 0 Å². The van der Waals surface area contributed by atoms with Gasteiger partial charge in [0.05, 0.1) is 0 Å². The van der Waals surface area contributed by atoms with Crippen molar-refractivity contribution in [1.29, 1.82) is 0 Å². The third kappa shape index (κ3) is 1.17. The van der Waals surface area contributed by atoms with Gasteiger partial charge < -0.3 is 5.73 Å². The lowest BCUT2D eigenvalue weighted by atomic mass is 10.1. The van der Waals surface area contributed by atoms with Crippen LogP contribution >= 0.6 is 11.8 Å². The molecular formula is C6H13NS. The first-order chi connectivity index (χ1) is 3.84. The second kappa shape index (κ2) is 2.74. The summed E-state index contributed by atoms with van der Waals surface area (Å²) in [5.74, 6) is 2.10. The molecule has 2 unspecified atom stereocenters. The molecule has 1 heterocycles. The molecule has 1 fully saturated rings. The maximum Gasteiger partial charge on any atom is 0.00925 e. The van der Waals surface area contributed by atoms with E-state index in [1.165, 1.54) is 12.2 Å². The van der Waals surface area contributed by atoms with Gasteiger partial charge >= 0.3 is 0 Å². The first-order valence-electron chi connectivity index (χ1n) is 3.16. The molecule has 8 heavy (non-hydrogen) atoms. The molecule has 0 aromatic carbocycles. The van der Waals surface area contributed by atoms with Gasteiger partial charge in [0.1, 0.15) is 0 Å². The summed E-state index contributed by atoms with van der Waals surface area (Å²) in [6.45, 7) is 3.09. The fourth-order valence-corrected chi connectivity index (χ4v) is 1.80. The second-order valence-electron chi connectivity index (χ2n) is 2.41. The summed E-state index contributed by atoms with van der Waals surface area (Å²) in [7, 11) is 0. The van der Waals surface area contributed by atoms with Crippen LogP contribution in [0.2, 0.25) is 0 Å². The topological polar surface area (TPSA) is 26.0 Å². The Balaban J connectivity index is 2.13. The SMILES string of the molecule is CC(CN)C1CCS1. The lowest BCUT2D eigenvalue weighted by Crippen LogP contribution is -2.29. The summed E-state index contributed by atoms with van der Waals surface area (Å²) in [6, 6.07) is 0. The van der Waals surface area contributed by atoms with E-state index in [1.54, 1.807) is 0 Å². The highest BCUT2D eigenvalue weighted by atomic mass is 32.2. The van der Waals surface area contributed by atoms with Crippen LogP contribution in [0.15, 0.2) is 0 Å². The van der Waals surface area contributed by atoms with Crippen molar-refractivity contribution in [3.8, 4) is 0 Å². The van der Waals surface area contributed by atoms with Crippen LogP contribution in [0.25, 0.3) is 0 Å². The fourth-order valence-electron chi connectivity index (χ4n) is 0.854. The van der Waals surface area contributed by atoms with Crippen LogP contribution in [-0.4, -0.2) is 17.5 Å². The van der Waals surface area contributed by atoms with Crippen LogP contribution in [0.4, 0.5) is 0 Å². The molecule has 0 aliphatic carbocycles. The highest BCUT2D eigenvalue weighted by molar-refractivity contribution is 8.01. The lowest BCUT2D eigenvalue weighted by Gasteiger charge is -2.29. The van der Waals surface area contributed by atoms with E-state index < -0.39 is 0 Å². The maximum absolute atomic E-state index is 5.47. The van der Waals surface area contributed by atoms with Gasteiger partial charge in [-0.3, -0.25) is 0 Å². The Morgan fingerprint density at radius 1 is 1.88 bits per heavy atom. The molecule has 48 valence electrons. The molecule has 0 amide bonds. The van der Waals surface area contributed by atoms with Crippen molar-refractivity contribution in [2.24, 2.45) is 11.7 Å². The largest absolute Gasteiger partial charge is 0.330 e. The van der Waals surface area contributed by atoms with E-state index in [4.69, 9.17) is 5.73 Å². The smallest absolute Gasteiger partial charge is 0.00925 e. The minimum absolute atomic E-state index is 0.744. The molecule has 1 aliphatic rings. The summed E-state index contributed by atoms with van der Waals surface area (Å²) >= 11 is 2.06. The van der Waals surface area contributed by atoms with E-state index in [0.717, 1.165) is 17.7 Å². The molecule has 2 atom stereocenters. The van der Waals surface area contributed by atoms with E-state index in [-0.39, 0.29) is 0 Å². The van der Waals surface area contributed by atoms with Gasteiger partial charge in [0, 0.05) is 5.25 Å². The first kappa shape index (κ1) is 6.43. The average Bonchev–Trinajstić information content (AvgIpc) is 1.62. The van der Waals surface area contributed by atoms with Gasteiger partial charge in [-0.1, -0.05) is 6.92 Å². The predicted octanol–water partition coefficient (Wildman–Crippen LogP) is 1.09. The minimum atomic E-state index is 0.744. The highest BCUT2D eigenvalue weighted by Gasteiger charge is 2.22. The van der Waals surface area contributed by atoms with Gasteiger partial charge in [0.2, 0.25) is 0 Å². The van der Waals surface area contributed by atoms with Crippen molar-refractivity contribution in [3.63, 3.8) is 0 Å². The van der Waals surface area contributed by atoms with Crippen molar-refractivity contribution >= 4 is 11.8 Å². The summed E-state index contributed by atoms with van der Waals surface area (Å²) in [6.07, 6.45) is 1.39. The van der Waals surface area contributed by atoms with Crippen LogP contribution in [0.1, 0.15) is 13.3 Å². The molecule has 2 heteroatoms. The van der Waals surface area contributed by atoms with Crippen molar-refractivity contribution < 1.29 is 0 Å². The van der Waals surface area contributed by atoms with E-state index in [0.29, 0.717) is 0 Å². The summed E-state index contributed by atoms with van der Waals surface area (Å²) in [5, 5.41) is 0.889. The molecule has 0 aromatic rings. The zero-order valence-corrected chi connectivity index (χ0v) is 6.08. The summed E-state index contributed by atoms with van der Waals surface area (Å²) in [4.78, 5) is 0. The number of rotatable bonds is 2. The number of hydrogen-bond acceptors (Lipinski definition) is 2. The van der Waals surface area contributed by atoms with E-state index in [1.807, 2.05) is 0 Å². The highest BCUT2D eigenvalue weighted by Crippen LogP contribution is 2.32. The predicted molar refractivity (Wildman–Crippen MR) is 39.1 cm³/mol. The van der Waals surface area contributed by atoms with E-state index in [2.05, 4.69) is 18.7 Å². The Morgan fingerprint density at radius 3 is 2.62 bits per heavy atom. The molecule has 1 nitrogen and oxygen atoms in total. The van der Waals surface area contributed by atoms with Gasteiger partial charge in [-0.15, -0.1) is 0 Å². The number of thioether (sulfide) groups is 1. The Bertz CT molecular complexity index is 68.2. The molecule has 0 bridgehead atoms. The van der Waals surface area contributed by atoms with Crippen molar-refractivity contribution in [1.82, 2.24) is 0 Å². The van der Waals surface area contributed by atoms with E-state index in [9.17, 15) is 0 Å². The molecule has 0 spiro atoms. The molecular weight excluding hydrogens is 118 g/mol. The third-order valence-corrected chi connectivity index (χ3v) is 3.34. The average molecular weight is 131 g/mol. The Labute approximate surface area is 55.0 Å². The van der Waals surface area contributed by atoms with Crippen LogP contribution in [0, 0.1) is 5.92 Å². The van der Waals surface area contributed by atoms with Crippen LogP contribution in [-0.2, 0) is 0 Å². The zero-order valence-electron chi connectivity index (χ0n) is 5.26. The third-order valence-electron chi connectivity index (χ3n) is 1.74.